The lowest BCUT2D eigenvalue weighted by atomic mass is 9.96. The molecule has 2 aromatic heterocycles. The number of alkyl halides is 3. The highest BCUT2D eigenvalue weighted by atomic mass is 35.5. The summed E-state index contributed by atoms with van der Waals surface area (Å²) in [5, 5.41) is 8.55. The second-order valence-corrected chi connectivity index (χ2v) is 7.68. The molecule has 1 saturated heterocycles. The van der Waals surface area contributed by atoms with Crippen LogP contribution in [0.5, 0.6) is 0 Å². The Morgan fingerprint density at radius 3 is 2.69 bits per heavy atom. The molecule has 0 N–H and O–H groups in total. The molecule has 3 aromatic rings. The third-order valence-electron chi connectivity index (χ3n) is 5.01. The highest BCUT2D eigenvalue weighted by Gasteiger charge is 2.33. The van der Waals surface area contributed by atoms with Crippen LogP contribution in [0.2, 0.25) is 10.0 Å². The van der Waals surface area contributed by atoms with Gasteiger partial charge in [0.15, 0.2) is 5.65 Å². The van der Waals surface area contributed by atoms with Crippen molar-refractivity contribution < 1.29 is 18.0 Å². The largest absolute Gasteiger partial charge is 0.417 e. The standard InChI is InChI=1S/C19H15Cl2F3N4O/c20-14-5-1-4-13(16(14)21)18(29)27-8-2-3-11(9-27)17-26-25-15-7-6-12(10-28(15)17)19(22,23)24/h1,4-7,10-11H,2-3,8-9H2. The van der Waals surface area contributed by atoms with E-state index in [-0.39, 0.29) is 21.9 Å². The van der Waals surface area contributed by atoms with Crippen molar-refractivity contribution in [3.05, 3.63) is 63.5 Å². The third-order valence-corrected chi connectivity index (χ3v) is 5.83. The number of pyridine rings is 1. The van der Waals surface area contributed by atoms with Gasteiger partial charge in [-0.2, -0.15) is 13.2 Å². The number of piperidine rings is 1. The number of aromatic nitrogens is 3. The van der Waals surface area contributed by atoms with Gasteiger partial charge in [-0.05, 0) is 37.1 Å². The Labute approximate surface area is 174 Å². The summed E-state index contributed by atoms with van der Waals surface area (Å²) < 4.78 is 40.6. The Morgan fingerprint density at radius 1 is 1.14 bits per heavy atom. The normalized spacial score (nSPS) is 17.7. The maximum atomic E-state index is 13.1. The summed E-state index contributed by atoms with van der Waals surface area (Å²) in [6.45, 7) is 0.821. The Hall–Kier alpha value is -2.32. The lowest BCUT2D eigenvalue weighted by Gasteiger charge is -2.32. The van der Waals surface area contributed by atoms with Crippen molar-refractivity contribution in [3.8, 4) is 0 Å². The second kappa shape index (κ2) is 7.50. The number of hydrogen-bond donors (Lipinski definition) is 0. The van der Waals surface area contributed by atoms with Crippen molar-refractivity contribution in [2.75, 3.05) is 13.1 Å². The number of nitrogens with zero attached hydrogens (tertiary/aromatic N) is 4. The van der Waals surface area contributed by atoms with Crippen molar-refractivity contribution >= 4 is 34.8 Å². The van der Waals surface area contributed by atoms with E-state index in [0.717, 1.165) is 12.3 Å². The molecule has 0 aliphatic carbocycles. The molecular formula is C19H15Cl2F3N4O. The maximum Gasteiger partial charge on any atom is 0.417 e. The minimum absolute atomic E-state index is 0.184. The fourth-order valence-corrected chi connectivity index (χ4v) is 3.95. The van der Waals surface area contributed by atoms with E-state index in [4.69, 9.17) is 23.2 Å². The van der Waals surface area contributed by atoms with Crippen LogP contribution in [0.1, 0.15) is 40.5 Å². The molecule has 1 fully saturated rings. The van der Waals surface area contributed by atoms with E-state index in [2.05, 4.69) is 10.2 Å². The molecular weight excluding hydrogens is 428 g/mol. The number of fused-ring (bicyclic) bond motifs is 1. The average Bonchev–Trinajstić information content (AvgIpc) is 3.12. The molecule has 1 atom stereocenters. The van der Waals surface area contributed by atoms with Gasteiger partial charge in [-0.15, -0.1) is 10.2 Å². The van der Waals surface area contributed by atoms with E-state index in [0.29, 0.717) is 43.0 Å². The molecule has 0 spiro atoms. The number of benzene rings is 1. The van der Waals surface area contributed by atoms with E-state index in [1.54, 1.807) is 23.1 Å². The van der Waals surface area contributed by atoms with Gasteiger partial charge in [-0.3, -0.25) is 9.20 Å². The van der Waals surface area contributed by atoms with Gasteiger partial charge >= 0.3 is 6.18 Å². The van der Waals surface area contributed by atoms with E-state index in [1.165, 1.54) is 10.5 Å². The summed E-state index contributed by atoms with van der Waals surface area (Å²) >= 11 is 12.2. The van der Waals surface area contributed by atoms with Gasteiger partial charge in [0.25, 0.3) is 5.91 Å². The Balaban J connectivity index is 1.63. The minimum atomic E-state index is -4.46. The monoisotopic (exact) mass is 442 g/mol. The van der Waals surface area contributed by atoms with Crippen LogP contribution in [0.3, 0.4) is 0 Å². The highest BCUT2D eigenvalue weighted by molar-refractivity contribution is 6.43. The Morgan fingerprint density at radius 2 is 1.93 bits per heavy atom. The molecule has 152 valence electrons. The van der Waals surface area contributed by atoms with Crippen molar-refractivity contribution in [3.63, 3.8) is 0 Å². The Kier molecular flexibility index (Phi) is 5.16. The van der Waals surface area contributed by atoms with Gasteiger partial charge < -0.3 is 4.90 Å². The first-order valence-electron chi connectivity index (χ1n) is 8.91. The smallest absolute Gasteiger partial charge is 0.338 e. The number of halogens is 5. The summed E-state index contributed by atoms with van der Waals surface area (Å²) in [6, 6.07) is 7.11. The predicted octanol–water partition coefficient (Wildman–Crippen LogP) is 5.07. The van der Waals surface area contributed by atoms with Crippen LogP contribution in [0.25, 0.3) is 5.65 Å². The summed E-state index contributed by atoms with van der Waals surface area (Å²) in [5.74, 6) is -0.114. The van der Waals surface area contributed by atoms with E-state index >= 15 is 0 Å². The zero-order chi connectivity index (χ0) is 20.8. The molecule has 3 heterocycles. The number of carbonyl (C=O) groups excluding carboxylic acids is 1. The molecule has 1 aliphatic heterocycles. The summed E-state index contributed by atoms with van der Waals surface area (Å²) in [5.41, 5.74) is -0.153. The van der Waals surface area contributed by atoms with Gasteiger partial charge in [0, 0.05) is 25.2 Å². The molecule has 4 rings (SSSR count). The molecule has 10 heteroatoms. The molecule has 5 nitrogen and oxygen atoms in total. The van der Waals surface area contributed by atoms with Crippen LogP contribution >= 0.6 is 23.2 Å². The van der Waals surface area contributed by atoms with Gasteiger partial charge in [-0.25, -0.2) is 0 Å². The van der Waals surface area contributed by atoms with Crippen molar-refractivity contribution in [2.24, 2.45) is 0 Å². The minimum Gasteiger partial charge on any atom is -0.338 e. The number of carbonyl (C=O) groups is 1. The second-order valence-electron chi connectivity index (χ2n) is 6.89. The fourth-order valence-electron chi connectivity index (χ4n) is 3.57. The van der Waals surface area contributed by atoms with E-state index in [9.17, 15) is 18.0 Å². The summed E-state index contributed by atoms with van der Waals surface area (Å²) in [6.07, 6.45) is -2.10. The first-order valence-corrected chi connectivity index (χ1v) is 9.66. The van der Waals surface area contributed by atoms with Crippen LogP contribution in [0, 0.1) is 0 Å². The number of amides is 1. The van der Waals surface area contributed by atoms with Gasteiger partial charge in [0.1, 0.15) is 5.82 Å². The van der Waals surface area contributed by atoms with E-state index in [1.807, 2.05) is 0 Å². The SMILES string of the molecule is O=C(c1cccc(Cl)c1Cl)N1CCCC(c2nnc3ccc(C(F)(F)F)cn23)C1. The first-order chi connectivity index (χ1) is 13.8. The fraction of sp³-hybridized carbons (Fsp3) is 0.316. The average molecular weight is 443 g/mol. The zero-order valence-electron chi connectivity index (χ0n) is 15.0. The van der Waals surface area contributed by atoms with Crippen LogP contribution in [0.4, 0.5) is 13.2 Å². The van der Waals surface area contributed by atoms with Crippen molar-refractivity contribution in [1.82, 2.24) is 19.5 Å². The van der Waals surface area contributed by atoms with Crippen molar-refractivity contribution in [1.29, 1.82) is 0 Å². The predicted molar refractivity (Wildman–Crippen MR) is 102 cm³/mol. The molecule has 1 aliphatic rings. The molecule has 1 amide bonds. The van der Waals surface area contributed by atoms with Crippen LogP contribution in [-0.4, -0.2) is 38.5 Å². The van der Waals surface area contributed by atoms with Crippen LogP contribution in [0.15, 0.2) is 36.5 Å². The third kappa shape index (κ3) is 3.79. The van der Waals surface area contributed by atoms with Crippen LogP contribution in [-0.2, 0) is 6.18 Å². The van der Waals surface area contributed by atoms with Gasteiger partial charge in [0.05, 0.1) is 21.2 Å². The molecule has 0 radical (unpaired) electrons. The lowest BCUT2D eigenvalue weighted by Crippen LogP contribution is -2.39. The molecule has 29 heavy (non-hydrogen) atoms. The number of hydrogen-bond acceptors (Lipinski definition) is 3. The lowest BCUT2D eigenvalue weighted by molar-refractivity contribution is -0.137. The highest BCUT2D eigenvalue weighted by Crippen LogP contribution is 2.32. The Bertz CT molecular complexity index is 1080. The maximum absolute atomic E-state index is 13.1. The topological polar surface area (TPSA) is 50.5 Å². The quantitative estimate of drug-likeness (QED) is 0.556. The number of likely N-dealkylation sites (tertiary alicyclic amines) is 1. The van der Waals surface area contributed by atoms with Gasteiger partial charge in [-0.1, -0.05) is 29.3 Å². The van der Waals surface area contributed by atoms with Crippen molar-refractivity contribution in [2.45, 2.75) is 24.9 Å². The molecule has 0 bridgehead atoms. The summed E-state index contributed by atoms with van der Waals surface area (Å²) in [7, 11) is 0. The zero-order valence-corrected chi connectivity index (χ0v) is 16.5. The molecule has 0 saturated carbocycles. The number of rotatable bonds is 2. The molecule has 1 unspecified atom stereocenters. The van der Waals surface area contributed by atoms with Crippen LogP contribution < -0.4 is 0 Å². The first kappa shape index (κ1) is 20.0. The van der Waals surface area contributed by atoms with E-state index < -0.39 is 11.7 Å². The summed E-state index contributed by atoms with van der Waals surface area (Å²) in [4.78, 5) is 14.6. The molecule has 1 aromatic carbocycles. The van der Waals surface area contributed by atoms with Gasteiger partial charge in [0.2, 0.25) is 0 Å².